The Bertz CT molecular complexity index is 847. The molecule has 25 heavy (non-hydrogen) atoms. The van der Waals surface area contributed by atoms with Crippen LogP contribution in [0.5, 0.6) is 0 Å². The van der Waals surface area contributed by atoms with Crippen molar-refractivity contribution in [2.45, 2.75) is 18.8 Å². The zero-order valence-corrected chi connectivity index (χ0v) is 13.8. The molecule has 0 radical (unpaired) electrons. The molecule has 4 rings (SSSR count). The first-order valence-electron chi connectivity index (χ1n) is 8.47. The molecule has 1 atom stereocenters. The Labute approximate surface area is 145 Å². The van der Waals surface area contributed by atoms with Gasteiger partial charge in [-0.15, -0.1) is 0 Å². The number of benzene rings is 1. The number of carbonyl (C=O) groups excluding carboxylic acids is 1. The zero-order valence-electron chi connectivity index (χ0n) is 13.8. The minimum Gasteiger partial charge on any atom is -0.337 e. The summed E-state index contributed by atoms with van der Waals surface area (Å²) in [5, 5.41) is 7.41. The lowest BCUT2D eigenvalue weighted by Crippen LogP contribution is -2.39. The summed E-state index contributed by atoms with van der Waals surface area (Å²) in [7, 11) is 0. The van der Waals surface area contributed by atoms with Crippen molar-refractivity contribution < 1.29 is 4.79 Å². The Balaban J connectivity index is 1.57. The Morgan fingerprint density at radius 3 is 2.84 bits per heavy atom. The van der Waals surface area contributed by atoms with E-state index in [-0.39, 0.29) is 11.8 Å². The number of carbonyl (C=O) groups is 1. The highest BCUT2D eigenvalue weighted by molar-refractivity contribution is 5.92. The van der Waals surface area contributed by atoms with E-state index in [0.29, 0.717) is 12.2 Å². The van der Waals surface area contributed by atoms with E-state index >= 15 is 0 Å². The van der Waals surface area contributed by atoms with Crippen molar-refractivity contribution in [1.29, 1.82) is 0 Å². The molecule has 1 aromatic carbocycles. The Morgan fingerprint density at radius 1 is 1.16 bits per heavy atom. The standard InChI is InChI=1S/C19H19N5O/c25-19(17-12-20-8-9-21-17)24-10-4-7-15(13-24)18-16(11-22-23-18)14-5-2-1-3-6-14/h1-3,5-6,8-9,11-12,15H,4,7,10,13H2,(H,22,23). The van der Waals surface area contributed by atoms with Gasteiger partial charge in [0.15, 0.2) is 0 Å². The maximum atomic E-state index is 12.7. The number of aromatic nitrogens is 4. The molecule has 1 unspecified atom stereocenters. The number of likely N-dealkylation sites (tertiary alicyclic amines) is 1. The summed E-state index contributed by atoms with van der Waals surface area (Å²) < 4.78 is 0. The average molecular weight is 333 g/mol. The molecule has 1 N–H and O–H groups in total. The smallest absolute Gasteiger partial charge is 0.274 e. The van der Waals surface area contributed by atoms with Crippen molar-refractivity contribution in [2.75, 3.05) is 13.1 Å². The molecule has 1 amide bonds. The van der Waals surface area contributed by atoms with Crippen molar-refractivity contribution >= 4 is 5.91 Å². The lowest BCUT2D eigenvalue weighted by atomic mass is 9.90. The predicted octanol–water partition coefficient (Wildman–Crippen LogP) is 2.89. The molecule has 0 spiro atoms. The largest absolute Gasteiger partial charge is 0.337 e. The highest BCUT2D eigenvalue weighted by atomic mass is 16.2. The summed E-state index contributed by atoms with van der Waals surface area (Å²) in [6.45, 7) is 1.41. The SMILES string of the molecule is O=C(c1cnccn1)N1CCCC(c2[nH]ncc2-c2ccccc2)C1. The Kier molecular flexibility index (Phi) is 4.24. The molecule has 1 aliphatic rings. The molecule has 2 aromatic heterocycles. The number of amides is 1. The van der Waals surface area contributed by atoms with Gasteiger partial charge in [0, 0.05) is 42.7 Å². The van der Waals surface area contributed by atoms with Gasteiger partial charge in [-0.3, -0.25) is 14.9 Å². The molecule has 3 aromatic rings. The van der Waals surface area contributed by atoms with Crippen molar-refractivity contribution in [2.24, 2.45) is 0 Å². The monoisotopic (exact) mass is 333 g/mol. The topological polar surface area (TPSA) is 74.8 Å². The first-order valence-corrected chi connectivity index (χ1v) is 8.47. The average Bonchev–Trinajstić information content (AvgIpc) is 3.19. The molecule has 6 nitrogen and oxygen atoms in total. The second-order valence-corrected chi connectivity index (χ2v) is 6.24. The highest BCUT2D eigenvalue weighted by Gasteiger charge is 2.28. The van der Waals surface area contributed by atoms with Gasteiger partial charge in [-0.1, -0.05) is 30.3 Å². The van der Waals surface area contributed by atoms with Gasteiger partial charge < -0.3 is 4.90 Å². The first kappa shape index (κ1) is 15.5. The highest BCUT2D eigenvalue weighted by Crippen LogP contribution is 2.33. The molecule has 0 bridgehead atoms. The maximum absolute atomic E-state index is 12.7. The van der Waals surface area contributed by atoms with Crippen LogP contribution in [0, 0.1) is 0 Å². The second kappa shape index (κ2) is 6.84. The van der Waals surface area contributed by atoms with Crippen LogP contribution in [-0.2, 0) is 0 Å². The molecular weight excluding hydrogens is 314 g/mol. The molecule has 1 aliphatic heterocycles. The fourth-order valence-corrected chi connectivity index (χ4v) is 3.42. The van der Waals surface area contributed by atoms with Crippen molar-refractivity contribution in [3.63, 3.8) is 0 Å². The summed E-state index contributed by atoms with van der Waals surface area (Å²) in [6, 6.07) is 10.2. The summed E-state index contributed by atoms with van der Waals surface area (Å²) in [6.07, 6.45) is 8.52. The van der Waals surface area contributed by atoms with E-state index in [0.717, 1.165) is 36.2 Å². The van der Waals surface area contributed by atoms with Crippen LogP contribution in [0.2, 0.25) is 0 Å². The van der Waals surface area contributed by atoms with Crippen molar-refractivity contribution in [3.8, 4) is 11.1 Å². The van der Waals surface area contributed by atoms with Crippen LogP contribution in [0.15, 0.2) is 55.1 Å². The lowest BCUT2D eigenvalue weighted by molar-refractivity contribution is 0.0699. The molecule has 6 heteroatoms. The number of hydrogen-bond donors (Lipinski definition) is 1. The van der Waals surface area contributed by atoms with Gasteiger partial charge in [-0.25, -0.2) is 4.98 Å². The second-order valence-electron chi connectivity index (χ2n) is 6.24. The third-order valence-corrected chi connectivity index (χ3v) is 4.65. The van der Waals surface area contributed by atoms with E-state index in [1.807, 2.05) is 29.3 Å². The third-order valence-electron chi connectivity index (χ3n) is 4.65. The molecule has 0 aliphatic carbocycles. The van der Waals surface area contributed by atoms with Crippen LogP contribution < -0.4 is 0 Å². The van der Waals surface area contributed by atoms with Crippen molar-refractivity contribution in [3.05, 3.63) is 66.5 Å². The lowest BCUT2D eigenvalue weighted by Gasteiger charge is -2.32. The molecular formula is C19H19N5O. The first-order chi connectivity index (χ1) is 12.3. The quantitative estimate of drug-likeness (QED) is 0.800. The summed E-state index contributed by atoms with van der Waals surface area (Å²) in [4.78, 5) is 22.7. The minimum atomic E-state index is -0.0569. The number of aromatic amines is 1. The molecule has 1 fully saturated rings. The van der Waals surface area contributed by atoms with Gasteiger partial charge in [0.25, 0.3) is 5.91 Å². The predicted molar refractivity (Wildman–Crippen MR) is 93.9 cm³/mol. The normalized spacial score (nSPS) is 17.4. The van der Waals surface area contributed by atoms with Gasteiger partial charge in [0.2, 0.25) is 0 Å². The van der Waals surface area contributed by atoms with E-state index in [1.54, 1.807) is 12.4 Å². The third kappa shape index (κ3) is 3.15. The van der Waals surface area contributed by atoms with E-state index in [9.17, 15) is 4.79 Å². The number of rotatable bonds is 3. The van der Waals surface area contributed by atoms with Crippen LogP contribution in [0.3, 0.4) is 0 Å². The van der Waals surface area contributed by atoms with Crippen LogP contribution in [-0.4, -0.2) is 44.1 Å². The summed E-state index contributed by atoms with van der Waals surface area (Å²) in [5.74, 6) is 0.186. The number of nitrogens with one attached hydrogen (secondary N) is 1. The summed E-state index contributed by atoms with van der Waals surface area (Å²) in [5.41, 5.74) is 3.75. The van der Waals surface area contributed by atoms with E-state index in [4.69, 9.17) is 0 Å². The fourth-order valence-electron chi connectivity index (χ4n) is 3.42. The van der Waals surface area contributed by atoms with Gasteiger partial charge in [-0.2, -0.15) is 5.10 Å². The van der Waals surface area contributed by atoms with Gasteiger partial charge >= 0.3 is 0 Å². The van der Waals surface area contributed by atoms with Gasteiger partial charge in [0.1, 0.15) is 5.69 Å². The maximum Gasteiger partial charge on any atom is 0.274 e. The van der Waals surface area contributed by atoms with Crippen LogP contribution >= 0.6 is 0 Å². The summed E-state index contributed by atoms with van der Waals surface area (Å²) >= 11 is 0. The van der Waals surface area contributed by atoms with Gasteiger partial charge in [-0.05, 0) is 18.4 Å². The van der Waals surface area contributed by atoms with E-state index in [2.05, 4.69) is 32.3 Å². The molecule has 0 saturated carbocycles. The zero-order chi connectivity index (χ0) is 17.1. The molecule has 126 valence electrons. The van der Waals surface area contributed by atoms with Gasteiger partial charge in [0.05, 0.1) is 12.4 Å². The fraction of sp³-hybridized carbons (Fsp3) is 0.263. The van der Waals surface area contributed by atoms with Crippen LogP contribution in [0.4, 0.5) is 0 Å². The van der Waals surface area contributed by atoms with E-state index < -0.39 is 0 Å². The number of piperidine rings is 1. The molecule has 3 heterocycles. The van der Waals surface area contributed by atoms with E-state index in [1.165, 1.54) is 6.20 Å². The molecule has 1 saturated heterocycles. The van der Waals surface area contributed by atoms with Crippen LogP contribution in [0.25, 0.3) is 11.1 Å². The Hall–Kier alpha value is -3.02. The van der Waals surface area contributed by atoms with Crippen LogP contribution in [0.1, 0.15) is 34.9 Å². The number of H-pyrrole nitrogens is 1. The Morgan fingerprint density at radius 2 is 2.04 bits per heavy atom. The van der Waals surface area contributed by atoms with Crippen molar-refractivity contribution in [1.82, 2.24) is 25.1 Å². The minimum absolute atomic E-state index is 0.0569. The number of nitrogens with zero attached hydrogens (tertiary/aromatic N) is 4. The number of hydrogen-bond acceptors (Lipinski definition) is 4.